The van der Waals surface area contributed by atoms with E-state index in [-0.39, 0.29) is 5.92 Å². The maximum atomic E-state index is 14.0. The first kappa shape index (κ1) is 12.7. The predicted octanol–water partition coefficient (Wildman–Crippen LogP) is 2.45. The number of anilines is 2. The molecule has 0 bridgehead atoms. The third-order valence-corrected chi connectivity index (χ3v) is 4.20. The van der Waals surface area contributed by atoms with E-state index in [9.17, 15) is 4.39 Å². The molecule has 1 aromatic rings. The van der Waals surface area contributed by atoms with Gasteiger partial charge in [-0.15, -0.1) is 0 Å². The molecule has 0 spiro atoms. The molecule has 1 fully saturated rings. The standard InChI is InChI=1S/C15H21FN2O/c1-11-9-12-10-13(18-5-7-19-8-6-18)3-4-14(12)17(2)15(11)16/h3-4,10-11,15H,5-9H2,1-2H3/t11-,15-/m1/s1. The van der Waals surface area contributed by atoms with Gasteiger partial charge in [-0.1, -0.05) is 6.92 Å². The SMILES string of the molecule is C[C@@H]1Cc2cc(N3CCOCC3)ccc2N(C)[C@H]1F. The molecule has 4 heteroatoms. The summed E-state index contributed by atoms with van der Waals surface area (Å²) < 4.78 is 19.4. The first-order valence-electron chi connectivity index (χ1n) is 6.99. The Labute approximate surface area is 114 Å². The number of rotatable bonds is 1. The van der Waals surface area contributed by atoms with Gasteiger partial charge in [0.05, 0.1) is 13.2 Å². The van der Waals surface area contributed by atoms with Crippen LogP contribution in [-0.2, 0) is 11.2 Å². The Bertz CT molecular complexity index is 459. The van der Waals surface area contributed by atoms with Crippen molar-refractivity contribution in [3.63, 3.8) is 0 Å². The first-order chi connectivity index (χ1) is 9.16. The summed E-state index contributed by atoms with van der Waals surface area (Å²) in [6, 6.07) is 6.38. The van der Waals surface area contributed by atoms with E-state index < -0.39 is 6.30 Å². The molecule has 1 saturated heterocycles. The summed E-state index contributed by atoms with van der Waals surface area (Å²) in [6.45, 7) is 5.44. The highest BCUT2D eigenvalue weighted by Gasteiger charge is 2.29. The van der Waals surface area contributed by atoms with Gasteiger partial charge in [-0.3, -0.25) is 0 Å². The number of halogens is 1. The second-order valence-electron chi connectivity index (χ2n) is 5.58. The summed E-state index contributed by atoms with van der Waals surface area (Å²) in [7, 11) is 1.84. The lowest BCUT2D eigenvalue weighted by atomic mass is 9.92. The number of hydrogen-bond donors (Lipinski definition) is 0. The van der Waals surface area contributed by atoms with Gasteiger partial charge < -0.3 is 14.5 Å². The summed E-state index contributed by atoms with van der Waals surface area (Å²) in [6.07, 6.45) is -0.0549. The smallest absolute Gasteiger partial charge is 0.175 e. The van der Waals surface area contributed by atoms with Gasteiger partial charge in [-0.25, -0.2) is 4.39 Å². The van der Waals surface area contributed by atoms with Crippen molar-refractivity contribution >= 4 is 11.4 Å². The Kier molecular flexibility index (Phi) is 3.35. The van der Waals surface area contributed by atoms with Crippen LogP contribution in [0.2, 0.25) is 0 Å². The zero-order valence-electron chi connectivity index (χ0n) is 11.6. The van der Waals surface area contributed by atoms with Gasteiger partial charge in [0, 0.05) is 37.4 Å². The zero-order valence-corrected chi connectivity index (χ0v) is 11.6. The van der Waals surface area contributed by atoms with Crippen molar-refractivity contribution in [2.24, 2.45) is 5.92 Å². The molecule has 3 nitrogen and oxygen atoms in total. The Morgan fingerprint density at radius 2 is 2.00 bits per heavy atom. The lowest BCUT2D eigenvalue weighted by molar-refractivity contribution is 0.122. The van der Waals surface area contributed by atoms with Gasteiger partial charge in [0.25, 0.3) is 0 Å². The van der Waals surface area contributed by atoms with Crippen molar-refractivity contribution in [3.05, 3.63) is 23.8 Å². The molecular formula is C15H21FN2O. The highest BCUT2D eigenvalue weighted by atomic mass is 19.1. The van der Waals surface area contributed by atoms with Crippen LogP contribution in [0.1, 0.15) is 12.5 Å². The quantitative estimate of drug-likeness (QED) is 0.725. The molecular weight excluding hydrogens is 243 g/mol. The Morgan fingerprint density at radius 3 is 2.74 bits per heavy atom. The number of alkyl halides is 1. The van der Waals surface area contributed by atoms with Gasteiger partial charge in [0.2, 0.25) is 0 Å². The monoisotopic (exact) mass is 264 g/mol. The fourth-order valence-corrected chi connectivity index (χ4v) is 3.06. The van der Waals surface area contributed by atoms with Crippen LogP contribution in [0, 0.1) is 5.92 Å². The van der Waals surface area contributed by atoms with Crippen LogP contribution in [0.3, 0.4) is 0 Å². The minimum absolute atomic E-state index is 0.0532. The molecule has 0 amide bonds. The van der Waals surface area contributed by atoms with E-state index in [1.54, 1.807) is 4.90 Å². The maximum Gasteiger partial charge on any atom is 0.175 e. The van der Waals surface area contributed by atoms with Gasteiger partial charge in [-0.2, -0.15) is 0 Å². The minimum Gasteiger partial charge on any atom is -0.378 e. The lowest BCUT2D eigenvalue weighted by Crippen LogP contribution is -2.39. The summed E-state index contributed by atoms with van der Waals surface area (Å²) >= 11 is 0. The van der Waals surface area contributed by atoms with Crippen molar-refractivity contribution in [3.8, 4) is 0 Å². The van der Waals surface area contributed by atoms with Gasteiger partial charge in [0.15, 0.2) is 6.30 Å². The van der Waals surface area contributed by atoms with Crippen LogP contribution >= 0.6 is 0 Å². The Morgan fingerprint density at radius 1 is 1.26 bits per heavy atom. The van der Waals surface area contributed by atoms with Crippen LogP contribution in [-0.4, -0.2) is 39.6 Å². The lowest BCUT2D eigenvalue weighted by Gasteiger charge is -2.36. The van der Waals surface area contributed by atoms with E-state index in [0.717, 1.165) is 38.4 Å². The van der Waals surface area contributed by atoms with E-state index in [4.69, 9.17) is 4.74 Å². The molecule has 0 radical (unpaired) electrons. The fourth-order valence-electron chi connectivity index (χ4n) is 3.06. The van der Waals surface area contributed by atoms with Crippen LogP contribution in [0.4, 0.5) is 15.8 Å². The van der Waals surface area contributed by atoms with Crippen molar-refractivity contribution in [2.75, 3.05) is 43.2 Å². The third-order valence-electron chi connectivity index (χ3n) is 4.20. The molecule has 2 aliphatic rings. The van der Waals surface area contributed by atoms with E-state index in [2.05, 4.69) is 23.1 Å². The highest BCUT2D eigenvalue weighted by molar-refractivity contribution is 5.63. The van der Waals surface area contributed by atoms with Crippen LogP contribution < -0.4 is 9.80 Å². The molecule has 0 saturated carbocycles. The number of hydrogen-bond acceptors (Lipinski definition) is 3. The summed E-state index contributed by atoms with van der Waals surface area (Å²) in [4.78, 5) is 4.10. The molecule has 19 heavy (non-hydrogen) atoms. The number of ether oxygens (including phenoxy) is 1. The average Bonchev–Trinajstić information content (AvgIpc) is 2.45. The number of nitrogens with zero attached hydrogens (tertiary/aromatic N) is 2. The fraction of sp³-hybridized carbons (Fsp3) is 0.600. The van der Waals surface area contributed by atoms with Crippen molar-refractivity contribution < 1.29 is 9.13 Å². The molecule has 2 atom stereocenters. The van der Waals surface area contributed by atoms with E-state index >= 15 is 0 Å². The van der Waals surface area contributed by atoms with Crippen LogP contribution in [0.25, 0.3) is 0 Å². The first-order valence-corrected chi connectivity index (χ1v) is 6.99. The maximum absolute atomic E-state index is 14.0. The molecule has 1 aromatic carbocycles. The number of benzene rings is 1. The van der Waals surface area contributed by atoms with E-state index in [1.807, 2.05) is 14.0 Å². The van der Waals surface area contributed by atoms with Gasteiger partial charge in [-0.05, 0) is 30.2 Å². The largest absolute Gasteiger partial charge is 0.378 e. The van der Waals surface area contributed by atoms with Crippen molar-refractivity contribution in [2.45, 2.75) is 19.6 Å². The molecule has 2 heterocycles. The Hall–Kier alpha value is -1.29. The predicted molar refractivity (Wildman–Crippen MR) is 75.6 cm³/mol. The molecule has 2 aliphatic heterocycles. The topological polar surface area (TPSA) is 15.7 Å². The molecule has 0 unspecified atom stereocenters. The minimum atomic E-state index is -0.873. The Balaban J connectivity index is 1.89. The summed E-state index contributed by atoms with van der Waals surface area (Å²) in [5.74, 6) is 0.0532. The van der Waals surface area contributed by atoms with Gasteiger partial charge in [0.1, 0.15) is 0 Å². The average molecular weight is 264 g/mol. The second-order valence-corrected chi connectivity index (χ2v) is 5.58. The van der Waals surface area contributed by atoms with E-state index in [0.29, 0.717) is 0 Å². The molecule has 0 aliphatic carbocycles. The van der Waals surface area contributed by atoms with Gasteiger partial charge >= 0.3 is 0 Å². The van der Waals surface area contributed by atoms with E-state index in [1.165, 1.54) is 11.3 Å². The molecule has 3 rings (SSSR count). The van der Waals surface area contributed by atoms with Crippen molar-refractivity contribution in [1.82, 2.24) is 0 Å². The van der Waals surface area contributed by atoms with Crippen LogP contribution in [0.5, 0.6) is 0 Å². The zero-order chi connectivity index (χ0) is 13.4. The number of morpholine rings is 1. The summed E-state index contributed by atoms with van der Waals surface area (Å²) in [5, 5.41) is 0. The van der Waals surface area contributed by atoms with Crippen molar-refractivity contribution in [1.29, 1.82) is 0 Å². The molecule has 104 valence electrons. The molecule has 0 aromatic heterocycles. The second kappa shape index (κ2) is 5.00. The van der Waals surface area contributed by atoms with Crippen LogP contribution in [0.15, 0.2) is 18.2 Å². The third kappa shape index (κ3) is 2.29. The normalized spacial score (nSPS) is 27.3. The highest BCUT2D eigenvalue weighted by Crippen LogP contribution is 2.35. The molecule has 0 N–H and O–H groups in total. The number of fused-ring (bicyclic) bond motifs is 1. The summed E-state index contributed by atoms with van der Waals surface area (Å²) in [5.41, 5.74) is 3.52.